The third-order valence-electron chi connectivity index (χ3n) is 4.41. The molecule has 118 valence electrons. The summed E-state index contributed by atoms with van der Waals surface area (Å²) >= 11 is 0. The van der Waals surface area contributed by atoms with Gasteiger partial charge in [0.1, 0.15) is 12.4 Å². The van der Waals surface area contributed by atoms with Gasteiger partial charge in [0.2, 0.25) is 0 Å². The Morgan fingerprint density at radius 2 is 1.86 bits per heavy atom. The van der Waals surface area contributed by atoms with Gasteiger partial charge < -0.3 is 10.5 Å². The molecular formula is C18H30N2O. The van der Waals surface area contributed by atoms with Crippen LogP contribution >= 0.6 is 0 Å². The molecule has 0 aromatic heterocycles. The van der Waals surface area contributed by atoms with Gasteiger partial charge in [0.25, 0.3) is 0 Å². The van der Waals surface area contributed by atoms with Crippen molar-refractivity contribution in [3.8, 4) is 5.75 Å². The van der Waals surface area contributed by atoms with Crippen molar-refractivity contribution in [2.75, 3.05) is 26.7 Å². The van der Waals surface area contributed by atoms with E-state index in [1.165, 1.54) is 18.4 Å². The molecule has 0 saturated heterocycles. The van der Waals surface area contributed by atoms with Crippen LogP contribution in [0.1, 0.15) is 39.2 Å². The van der Waals surface area contributed by atoms with Gasteiger partial charge in [-0.2, -0.15) is 0 Å². The van der Waals surface area contributed by atoms with E-state index in [2.05, 4.69) is 57.0 Å². The lowest BCUT2D eigenvalue weighted by Gasteiger charge is -2.26. The van der Waals surface area contributed by atoms with E-state index < -0.39 is 0 Å². The van der Waals surface area contributed by atoms with E-state index in [0.29, 0.717) is 12.6 Å². The van der Waals surface area contributed by atoms with E-state index in [0.717, 1.165) is 24.8 Å². The van der Waals surface area contributed by atoms with E-state index >= 15 is 0 Å². The fourth-order valence-corrected chi connectivity index (χ4v) is 2.74. The fraction of sp³-hybridized carbons (Fsp3) is 0.667. The number of nitrogens with zero attached hydrogens (tertiary/aromatic N) is 1. The van der Waals surface area contributed by atoms with Crippen LogP contribution in [-0.2, 0) is 5.41 Å². The van der Waals surface area contributed by atoms with Gasteiger partial charge in [-0.3, -0.25) is 4.90 Å². The van der Waals surface area contributed by atoms with Crippen molar-refractivity contribution in [2.24, 2.45) is 11.7 Å². The first-order valence-electron chi connectivity index (χ1n) is 8.05. The van der Waals surface area contributed by atoms with Crippen LogP contribution in [0.15, 0.2) is 24.3 Å². The molecule has 0 amide bonds. The van der Waals surface area contributed by atoms with Crippen LogP contribution < -0.4 is 10.5 Å². The summed E-state index contributed by atoms with van der Waals surface area (Å²) in [5.41, 5.74) is 7.40. The fourth-order valence-electron chi connectivity index (χ4n) is 2.74. The van der Waals surface area contributed by atoms with Crippen molar-refractivity contribution in [1.82, 2.24) is 4.90 Å². The van der Waals surface area contributed by atoms with E-state index in [-0.39, 0.29) is 5.41 Å². The molecule has 1 aliphatic carbocycles. The Bertz CT molecular complexity index is 432. The van der Waals surface area contributed by atoms with E-state index in [1.807, 2.05) is 0 Å². The van der Waals surface area contributed by atoms with Crippen LogP contribution in [0.3, 0.4) is 0 Å². The molecule has 2 rings (SSSR count). The summed E-state index contributed by atoms with van der Waals surface area (Å²) in [5.74, 6) is 1.76. The van der Waals surface area contributed by atoms with Gasteiger partial charge in [-0.1, -0.05) is 32.9 Å². The average molecular weight is 290 g/mol. The van der Waals surface area contributed by atoms with Crippen molar-refractivity contribution < 1.29 is 4.74 Å². The highest BCUT2D eigenvalue weighted by atomic mass is 16.5. The number of likely N-dealkylation sites (N-methyl/N-ethyl adjacent to an activating group) is 1. The van der Waals surface area contributed by atoms with Crippen molar-refractivity contribution in [3.63, 3.8) is 0 Å². The van der Waals surface area contributed by atoms with Crippen LogP contribution in [0.25, 0.3) is 0 Å². The molecule has 1 aliphatic rings. The summed E-state index contributed by atoms with van der Waals surface area (Å²) in [6.45, 7) is 9.07. The highest BCUT2D eigenvalue weighted by Gasteiger charge is 2.32. The normalized spacial score (nSPS) is 17.0. The van der Waals surface area contributed by atoms with Crippen LogP contribution in [0.5, 0.6) is 5.75 Å². The maximum Gasteiger partial charge on any atom is 0.119 e. The van der Waals surface area contributed by atoms with Crippen molar-refractivity contribution in [2.45, 2.75) is 45.1 Å². The standard InChI is InChI=1S/C18H30N2O/c1-18(2,3)15-7-9-16(10-8-15)21-12-11-20(4)17(13-19)14-5-6-14/h7-10,14,17H,5-6,11-13,19H2,1-4H3. The number of hydrogen-bond donors (Lipinski definition) is 1. The average Bonchev–Trinajstić information content (AvgIpc) is 3.24. The van der Waals surface area contributed by atoms with Gasteiger partial charge in [0.15, 0.2) is 0 Å². The minimum atomic E-state index is 0.192. The first kappa shape index (κ1) is 16.3. The summed E-state index contributed by atoms with van der Waals surface area (Å²) in [6, 6.07) is 8.98. The Labute approximate surface area is 129 Å². The van der Waals surface area contributed by atoms with Crippen molar-refractivity contribution in [3.05, 3.63) is 29.8 Å². The monoisotopic (exact) mass is 290 g/mol. The lowest BCUT2D eigenvalue weighted by atomic mass is 9.87. The molecule has 0 spiro atoms. The molecule has 0 bridgehead atoms. The van der Waals surface area contributed by atoms with Crippen molar-refractivity contribution in [1.29, 1.82) is 0 Å². The zero-order valence-electron chi connectivity index (χ0n) is 13.9. The van der Waals surface area contributed by atoms with E-state index in [9.17, 15) is 0 Å². The number of nitrogens with two attached hydrogens (primary N) is 1. The minimum Gasteiger partial charge on any atom is -0.492 e. The Morgan fingerprint density at radius 3 is 2.33 bits per heavy atom. The number of benzene rings is 1. The largest absolute Gasteiger partial charge is 0.492 e. The topological polar surface area (TPSA) is 38.5 Å². The van der Waals surface area contributed by atoms with Crippen molar-refractivity contribution >= 4 is 0 Å². The lowest BCUT2D eigenvalue weighted by molar-refractivity contribution is 0.180. The third kappa shape index (κ3) is 4.72. The Balaban J connectivity index is 1.78. The number of ether oxygens (including phenoxy) is 1. The first-order valence-corrected chi connectivity index (χ1v) is 8.05. The van der Waals surface area contributed by atoms with Crippen LogP contribution in [0.2, 0.25) is 0 Å². The number of hydrogen-bond acceptors (Lipinski definition) is 3. The molecule has 1 atom stereocenters. The second kappa shape index (κ2) is 6.80. The molecule has 3 heteroatoms. The van der Waals surface area contributed by atoms with Crippen LogP contribution in [0.4, 0.5) is 0 Å². The molecule has 1 saturated carbocycles. The molecule has 1 fully saturated rings. The number of rotatable bonds is 7. The molecule has 0 heterocycles. The van der Waals surface area contributed by atoms with Gasteiger partial charge >= 0.3 is 0 Å². The highest BCUT2D eigenvalue weighted by molar-refractivity contribution is 5.31. The molecular weight excluding hydrogens is 260 g/mol. The molecule has 1 aromatic rings. The molecule has 1 aromatic carbocycles. The third-order valence-corrected chi connectivity index (χ3v) is 4.41. The maximum absolute atomic E-state index is 5.87. The Kier molecular flexibility index (Phi) is 5.28. The molecule has 0 aliphatic heterocycles. The summed E-state index contributed by atoms with van der Waals surface area (Å²) < 4.78 is 5.86. The quantitative estimate of drug-likeness (QED) is 0.839. The first-order chi connectivity index (χ1) is 9.91. The second-order valence-electron chi connectivity index (χ2n) is 7.24. The molecule has 2 N–H and O–H groups in total. The van der Waals surface area contributed by atoms with Crippen LogP contribution in [-0.4, -0.2) is 37.7 Å². The van der Waals surface area contributed by atoms with Gasteiger partial charge in [0.05, 0.1) is 0 Å². The predicted molar refractivity (Wildman–Crippen MR) is 88.8 cm³/mol. The van der Waals surface area contributed by atoms with E-state index in [1.54, 1.807) is 0 Å². The molecule has 1 unspecified atom stereocenters. The summed E-state index contributed by atoms with van der Waals surface area (Å²) in [5, 5.41) is 0. The summed E-state index contributed by atoms with van der Waals surface area (Å²) in [6.07, 6.45) is 2.67. The SMILES string of the molecule is CN(CCOc1ccc(C(C)(C)C)cc1)C(CN)C1CC1. The smallest absolute Gasteiger partial charge is 0.119 e. The van der Waals surface area contributed by atoms with Gasteiger partial charge in [-0.25, -0.2) is 0 Å². The zero-order valence-corrected chi connectivity index (χ0v) is 13.9. The molecule has 0 radical (unpaired) electrons. The van der Waals surface area contributed by atoms with E-state index in [4.69, 9.17) is 10.5 Å². The molecule has 21 heavy (non-hydrogen) atoms. The summed E-state index contributed by atoms with van der Waals surface area (Å²) in [7, 11) is 2.15. The predicted octanol–water partition coefficient (Wildman–Crippen LogP) is 3.03. The maximum atomic E-state index is 5.87. The van der Waals surface area contributed by atoms with Gasteiger partial charge in [-0.05, 0) is 48.9 Å². The minimum absolute atomic E-state index is 0.192. The Morgan fingerprint density at radius 1 is 1.24 bits per heavy atom. The lowest BCUT2D eigenvalue weighted by Crippen LogP contribution is -2.41. The second-order valence-corrected chi connectivity index (χ2v) is 7.24. The zero-order chi connectivity index (χ0) is 15.5. The van der Waals surface area contributed by atoms with Gasteiger partial charge in [0, 0.05) is 19.1 Å². The Hall–Kier alpha value is -1.06. The van der Waals surface area contributed by atoms with Gasteiger partial charge in [-0.15, -0.1) is 0 Å². The molecule has 3 nitrogen and oxygen atoms in total. The summed E-state index contributed by atoms with van der Waals surface area (Å²) in [4.78, 5) is 2.35. The van der Waals surface area contributed by atoms with Crippen LogP contribution in [0, 0.1) is 5.92 Å². The highest BCUT2D eigenvalue weighted by Crippen LogP contribution is 2.34.